The number of rotatable bonds is 4. The Bertz CT molecular complexity index is 627. The van der Waals surface area contributed by atoms with Crippen molar-refractivity contribution in [1.29, 1.82) is 0 Å². The molecule has 1 unspecified atom stereocenters. The third kappa shape index (κ3) is 3.22. The summed E-state index contributed by atoms with van der Waals surface area (Å²) >= 11 is 0. The van der Waals surface area contributed by atoms with Crippen LogP contribution < -0.4 is 10.1 Å². The zero-order valence-corrected chi connectivity index (χ0v) is 12.6. The largest absolute Gasteiger partial charge is 0.493 e. The first-order chi connectivity index (χ1) is 10.3. The molecule has 2 heterocycles. The van der Waals surface area contributed by atoms with E-state index in [0.29, 0.717) is 6.61 Å². The first-order valence-electron chi connectivity index (χ1n) is 7.52. The van der Waals surface area contributed by atoms with Gasteiger partial charge in [0.2, 0.25) is 0 Å². The molecule has 2 aromatic rings. The highest BCUT2D eigenvalue weighted by molar-refractivity contribution is 5.36. The summed E-state index contributed by atoms with van der Waals surface area (Å²) in [7, 11) is 0. The molecule has 0 amide bonds. The number of hydrogen-bond acceptors (Lipinski definition) is 4. The van der Waals surface area contributed by atoms with Crippen LogP contribution in [0.4, 0.5) is 0 Å². The van der Waals surface area contributed by atoms with Crippen molar-refractivity contribution < 1.29 is 4.74 Å². The average molecular weight is 283 g/mol. The standard InChI is InChI=1S/C17H21N3O/c1-3-18-10-15-8-12(2)19-17(20-15)14-9-13-6-4-5-7-16(13)21-11-14/h4-8,14,18H,3,9-11H2,1-2H3. The molecule has 0 spiro atoms. The van der Waals surface area contributed by atoms with Crippen LogP contribution in [0.5, 0.6) is 5.75 Å². The van der Waals surface area contributed by atoms with Gasteiger partial charge in [-0.1, -0.05) is 25.1 Å². The van der Waals surface area contributed by atoms with Gasteiger partial charge in [-0.05, 0) is 37.6 Å². The molecule has 1 aromatic carbocycles. The average Bonchev–Trinajstić information content (AvgIpc) is 2.52. The molecule has 1 aromatic heterocycles. The summed E-state index contributed by atoms with van der Waals surface area (Å²) in [4.78, 5) is 9.33. The molecule has 0 radical (unpaired) electrons. The van der Waals surface area contributed by atoms with Crippen LogP contribution in [0.3, 0.4) is 0 Å². The van der Waals surface area contributed by atoms with Crippen molar-refractivity contribution in [3.05, 3.63) is 53.1 Å². The Morgan fingerprint density at radius 3 is 3.00 bits per heavy atom. The van der Waals surface area contributed by atoms with Crippen LogP contribution in [0.2, 0.25) is 0 Å². The van der Waals surface area contributed by atoms with Crippen molar-refractivity contribution in [3.63, 3.8) is 0 Å². The van der Waals surface area contributed by atoms with Gasteiger partial charge in [-0.25, -0.2) is 9.97 Å². The molecule has 0 saturated heterocycles. The molecule has 1 atom stereocenters. The second-order valence-electron chi connectivity index (χ2n) is 5.46. The van der Waals surface area contributed by atoms with Gasteiger partial charge in [0.25, 0.3) is 0 Å². The van der Waals surface area contributed by atoms with Gasteiger partial charge in [-0.15, -0.1) is 0 Å². The van der Waals surface area contributed by atoms with Crippen LogP contribution in [-0.2, 0) is 13.0 Å². The van der Waals surface area contributed by atoms with Crippen LogP contribution >= 0.6 is 0 Å². The van der Waals surface area contributed by atoms with Gasteiger partial charge >= 0.3 is 0 Å². The number of nitrogens with zero attached hydrogens (tertiary/aromatic N) is 2. The normalized spacial score (nSPS) is 17.1. The molecule has 0 saturated carbocycles. The Labute approximate surface area is 125 Å². The number of nitrogens with one attached hydrogen (secondary N) is 1. The predicted octanol–water partition coefficient (Wildman–Crippen LogP) is 2.61. The maximum absolute atomic E-state index is 5.86. The Morgan fingerprint density at radius 1 is 1.29 bits per heavy atom. The van der Waals surface area contributed by atoms with Gasteiger partial charge in [-0.2, -0.15) is 0 Å². The number of fused-ring (bicyclic) bond motifs is 1. The van der Waals surface area contributed by atoms with E-state index < -0.39 is 0 Å². The molecule has 21 heavy (non-hydrogen) atoms. The minimum Gasteiger partial charge on any atom is -0.493 e. The van der Waals surface area contributed by atoms with E-state index in [-0.39, 0.29) is 5.92 Å². The second-order valence-corrected chi connectivity index (χ2v) is 5.46. The monoisotopic (exact) mass is 283 g/mol. The smallest absolute Gasteiger partial charge is 0.135 e. The van der Waals surface area contributed by atoms with Crippen LogP contribution in [0.15, 0.2) is 30.3 Å². The number of aromatic nitrogens is 2. The zero-order chi connectivity index (χ0) is 14.7. The van der Waals surface area contributed by atoms with Crippen LogP contribution in [0.1, 0.15) is 35.6 Å². The van der Waals surface area contributed by atoms with Crippen LogP contribution in [-0.4, -0.2) is 23.1 Å². The number of benzene rings is 1. The second kappa shape index (κ2) is 6.22. The lowest BCUT2D eigenvalue weighted by Gasteiger charge is -2.24. The van der Waals surface area contributed by atoms with E-state index in [0.717, 1.165) is 42.5 Å². The molecular weight excluding hydrogens is 262 g/mol. The van der Waals surface area contributed by atoms with Gasteiger partial charge in [0.15, 0.2) is 0 Å². The third-order valence-electron chi connectivity index (χ3n) is 3.72. The summed E-state index contributed by atoms with van der Waals surface area (Å²) in [6.45, 7) is 6.51. The highest BCUT2D eigenvalue weighted by atomic mass is 16.5. The molecule has 0 aliphatic carbocycles. The van der Waals surface area contributed by atoms with Crippen LogP contribution in [0.25, 0.3) is 0 Å². The first kappa shape index (κ1) is 14.0. The van der Waals surface area contributed by atoms with Gasteiger partial charge in [0.05, 0.1) is 18.2 Å². The number of aryl methyl sites for hydroxylation is 1. The van der Waals surface area contributed by atoms with Gasteiger partial charge in [-0.3, -0.25) is 0 Å². The number of para-hydroxylation sites is 1. The molecule has 3 rings (SSSR count). The van der Waals surface area contributed by atoms with Crippen molar-refractivity contribution in [2.45, 2.75) is 32.7 Å². The lowest BCUT2D eigenvalue weighted by molar-refractivity contribution is 0.257. The first-order valence-corrected chi connectivity index (χ1v) is 7.52. The highest BCUT2D eigenvalue weighted by Gasteiger charge is 2.23. The van der Waals surface area contributed by atoms with E-state index >= 15 is 0 Å². The molecule has 4 heteroatoms. The van der Waals surface area contributed by atoms with E-state index in [1.165, 1.54) is 5.56 Å². The van der Waals surface area contributed by atoms with E-state index in [1.54, 1.807) is 0 Å². The molecule has 1 N–H and O–H groups in total. The van der Waals surface area contributed by atoms with Gasteiger partial charge in [0, 0.05) is 12.2 Å². The molecule has 4 nitrogen and oxygen atoms in total. The third-order valence-corrected chi connectivity index (χ3v) is 3.72. The summed E-state index contributed by atoms with van der Waals surface area (Å²) in [5.41, 5.74) is 3.32. The maximum Gasteiger partial charge on any atom is 0.135 e. The summed E-state index contributed by atoms with van der Waals surface area (Å²) in [5, 5.41) is 3.32. The van der Waals surface area contributed by atoms with Crippen molar-refractivity contribution in [1.82, 2.24) is 15.3 Å². The van der Waals surface area contributed by atoms with Crippen molar-refractivity contribution in [3.8, 4) is 5.75 Å². The molecule has 110 valence electrons. The SMILES string of the molecule is CCNCc1cc(C)nc(C2COc3ccccc3C2)n1. The van der Waals surface area contributed by atoms with E-state index in [4.69, 9.17) is 9.72 Å². The fourth-order valence-corrected chi connectivity index (χ4v) is 2.68. The minimum atomic E-state index is 0.236. The van der Waals surface area contributed by atoms with E-state index in [2.05, 4.69) is 29.4 Å². The van der Waals surface area contributed by atoms with Crippen molar-refractivity contribution >= 4 is 0 Å². The quantitative estimate of drug-likeness (QED) is 0.937. The number of ether oxygens (including phenoxy) is 1. The molecule has 1 aliphatic heterocycles. The molecule has 0 bridgehead atoms. The Balaban J connectivity index is 1.83. The predicted molar refractivity (Wildman–Crippen MR) is 82.5 cm³/mol. The fraction of sp³-hybridized carbons (Fsp3) is 0.412. The summed E-state index contributed by atoms with van der Waals surface area (Å²) < 4.78 is 5.86. The molecule has 0 fully saturated rings. The topological polar surface area (TPSA) is 47.0 Å². The Hall–Kier alpha value is -1.94. The summed E-state index contributed by atoms with van der Waals surface area (Å²) in [5.74, 6) is 2.13. The fourth-order valence-electron chi connectivity index (χ4n) is 2.68. The van der Waals surface area contributed by atoms with E-state index in [9.17, 15) is 0 Å². The Morgan fingerprint density at radius 2 is 2.14 bits per heavy atom. The number of hydrogen-bond donors (Lipinski definition) is 1. The van der Waals surface area contributed by atoms with Crippen molar-refractivity contribution in [2.24, 2.45) is 0 Å². The van der Waals surface area contributed by atoms with E-state index in [1.807, 2.05) is 25.1 Å². The molecule has 1 aliphatic rings. The molecular formula is C17H21N3O. The van der Waals surface area contributed by atoms with Crippen molar-refractivity contribution in [2.75, 3.05) is 13.2 Å². The zero-order valence-electron chi connectivity index (χ0n) is 12.6. The Kier molecular flexibility index (Phi) is 4.15. The van der Waals surface area contributed by atoms with Crippen LogP contribution in [0, 0.1) is 6.92 Å². The summed E-state index contributed by atoms with van der Waals surface area (Å²) in [6.07, 6.45) is 0.945. The summed E-state index contributed by atoms with van der Waals surface area (Å²) in [6, 6.07) is 10.3. The van der Waals surface area contributed by atoms with Gasteiger partial charge in [0.1, 0.15) is 11.6 Å². The highest BCUT2D eigenvalue weighted by Crippen LogP contribution is 2.30. The maximum atomic E-state index is 5.86. The van der Waals surface area contributed by atoms with Gasteiger partial charge < -0.3 is 10.1 Å². The minimum absolute atomic E-state index is 0.236. The lowest BCUT2D eigenvalue weighted by Crippen LogP contribution is -2.22. The lowest BCUT2D eigenvalue weighted by atomic mass is 9.96.